The number of ketones is 2. The molecule has 1 aromatic carbocycles. The maximum Gasteiger partial charge on any atom is 0.338 e. The average Bonchev–Trinajstić information content (AvgIpc) is 2.45. The van der Waals surface area contributed by atoms with Gasteiger partial charge in [-0.25, -0.2) is 4.79 Å². The van der Waals surface area contributed by atoms with E-state index in [-0.39, 0.29) is 18.0 Å². The van der Waals surface area contributed by atoms with E-state index >= 15 is 0 Å². The summed E-state index contributed by atoms with van der Waals surface area (Å²) in [5.41, 5.74) is 0.851. The first-order valence-corrected chi connectivity index (χ1v) is 6.90. The van der Waals surface area contributed by atoms with Crippen molar-refractivity contribution in [2.45, 2.75) is 39.5 Å². The Labute approximate surface area is 119 Å². The van der Waals surface area contributed by atoms with Gasteiger partial charge in [-0.1, -0.05) is 25.5 Å². The van der Waals surface area contributed by atoms with Crippen molar-refractivity contribution in [3.8, 4) is 0 Å². The van der Waals surface area contributed by atoms with Crippen LogP contribution in [0.15, 0.2) is 24.3 Å². The number of hydrogen-bond acceptors (Lipinski definition) is 4. The minimum atomic E-state index is -0.412. The first-order valence-electron chi connectivity index (χ1n) is 6.90. The van der Waals surface area contributed by atoms with Crippen LogP contribution in [0.4, 0.5) is 0 Å². The van der Waals surface area contributed by atoms with Crippen molar-refractivity contribution in [1.29, 1.82) is 0 Å². The molecule has 0 saturated heterocycles. The Morgan fingerprint density at radius 1 is 1.00 bits per heavy atom. The molecular weight excluding hydrogens is 256 g/mol. The molecule has 0 aliphatic heterocycles. The van der Waals surface area contributed by atoms with E-state index in [0.29, 0.717) is 24.2 Å². The summed E-state index contributed by atoms with van der Waals surface area (Å²) < 4.78 is 4.86. The van der Waals surface area contributed by atoms with Crippen molar-refractivity contribution < 1.29 is 19.1 Å². The van der Waals surface area contributed by atoms with E-state index in [4.69, 9.17) is 4.74 Å². The maximum atomic E-state index is 11.9. The molecule has 0 aliphatic rings. The summed E-state index contributed by atoms with van der Waals surface area (Å²) in [6.45, 7) is 4.05. The standard InChI is InChI=1S/C16H20O4/c1-3-5-6-14(17)11-15(18)12-7-9-13(10-8-12)16(19)20-4-2/h7-10H,3-6,11H2,1-2H3. The van der Waals surface area contributed by atoms with Crippen molar-refractivity contribution in [2.75, 3.05) is 6.61 Å². The van der Waals surface area contributed by atoms with E-state index in [2.05, 4.69) is 0 Å². The van der Waals surface area contributed by atoms with Crippen LogP contribution in [-0.2, 0) is 9.53 Å². The molecule has 0 heterocycles. The highest BCUT2D eigenvalue weighted by molar-refractivity contribution is 6.08. The number of esters is 1. The summed E-state index contributed by atoms with van der Waals surface area (Å²) in [7, 11) is 0. The van der Waals surface area contributed by atoms with Crippen LogP contribution in [0.2, 0.25) is 0 Å². The zero-order chi connectivity index (χ0) is 15.0. The summed E-state index contributed by atoms with van der Waals surface area (Å²) in [6, 6.07) is 6.20. The van der Waals surface area contributed by atoms with Gasteiger partial charge in [-0.05, 0) is 25.5 Å². The molecule has 0 bridgehead atoms. The number of unbranched alkanes of at least 4 members (excludes halogenated alkanes) is 1. The summed E-state index contributed by atoms with van der Waals surface area (Å²) in [4.78, 5) is 34.9. The fourth-order valence-corrected chi connectivity index (χ4v) is 1.75. The van der Waals surface area contributed by atoms with E-state index in [1.54, 1.807) is 31.2 Å². The van der Waals surface area contributed by atoms with Gasteiger partial charge in [0.15, 0.2) is 5.78 Å². The fraction of sp³-hybridized carbons (Fsp3) is 0.438. The molecular formula is C16H20O4. The van der Waals surface area contributed by atoms with Gasteiger partial charge in [0.1, 0.15) is 5.78 Å². The van der Waals surface area contributed by atoms with Crippen LogP contribution in [0.1, 0.15) is 60.2 Å². The van der Waals surface area contributed by atoms with Crippen molar-refractivity contribution >= 4 is 17.5 Å². The molecule has 0 fully saturated rings. The molecule has 0 saturated carbocycles. The van der Waals surface area contributed by atoms with Crippen molar-refractivity contribution in [3.63, 3.8) is 0 Å². The first-order chi connectivity index (χ1) is 9.58. The minimum Gasteiger partial charge on any atom is -0.462 e. The second-order valence-electron chi connectivity index (χ2n) is 4.54. The highest BCUT2D eigenvalue weighted by atomic mass is 16.5. The lowest BCUT2D eigenvalue weighted by molar-refractivity contribution is -0.118. The summed E-state index contributed by atoms with van der Waals surface area (Å²) in [6.07, 6.45) is 2.13. The Morgan fingerprint density at radius 2 is 1.60 bits per heavy atom. The number of carbonyl (C=O) groups excluding carboxylic acids is 3. The molecule has 20 heavy (non-hydrogen) atoms. The third-order valence-corrected chi connectivity index (χ3v) is 2.88. The zero-order valence-corrected chi connectivity index (χ0v) is 12.0. The van der Waals surface area contributed by atoms with Gasteiger partial charge < -0.3 is 4.74 Å². The van der Waals surface area contributed by atoms with E-state index in [9.17, 15) is 14.4 Å². The lowest BCUT2D eigenvalue weighted by atomic mass is 10.0. The predicted molar refractivity (Wildman–Crippen MR) is 75.9 cm³/mol. The highest BCUT2D eigenvalue weighted by Gasteiger charge is 2.13. The van der Waals surface area contributed by atoms with Gasteiger partial charge in [0, 0.05) is 12.0 Å². The second kappa shape index (κ2) is 8.25. The molecule has 0 spiro atoms. The van der Waals surface area contributed by atoms with Gasteiger partial charge in [0.05, 0.1) is 18.6 Å². The van der Waals surface area contributed by atoms with Crippen LogP contribution in [0.3, 0.4) is 0 Å². The van der Waals surface area contributed by atoms with E-state index in [1.807, 2.05) is 6.92 Å². The summed E-state index contributed by atoms with van der Waals surface area (Å²) in [5.74, 6) is -0.654. The van der Waals surface area contributed by atoms with E-state index in [0.717, 1.165) is 12.8 Å². The van der Waals surface area contributed by atoms with Crippen molar-refractivity contribution in [2.24, 2.45) is 0 Å². The Hall–Kier alpha value is -1.97. The molecule has 108 valence electrons. The summed E-state index contributed by atoms with van der Waals surface area (Å²) >= 11 is 0. The molecule has 0 radical (unpaired) electrons. The third kappa shape index (κ3) is 4.96. The number of hydrogen-bond donors (Lipinski definition) is 0. The molecule has 0 aliphatic carbocycles. The van der Waals surface area contributed by atoms with Gasteiger partial charge in [0.25, 0.3) is 0 Å². The monoisotopic (exact) mass is 276 g/mol. The SMILES string of the molecule is CCCCC(=O)CC(=O)c1ccc(C(=O)OCC)cc1. The lowest BCUT2D eigenvalue weighted by Gasteiger charge is -2.03. The van der Waals surface area contributed by atoms with Gasteiger partial charge in [-0.15, -0.1) is 0 Å². The number of ether oxygens (including phenoxy) is 1. The van der Waals surface area contributed by atoms with Crippen LogP contribution in [-0.4, -0.2) is 24.1 Å². The molecule has 0 N–H and O–H groups in total. The van der Waals surface area contributed by atoms with Crippen LogP contribution in [0.5, 0.6) is 0 Å². The fourth-order valence-electron chi connectivity index (χ4n) is 1.75. The minimum absolute atomic E-state index is 0.0358. The first kappa shape index (κ1) is 16.1. The smallest absolute Gasteiger partial charge is 0.338 e. The highest BCUT2D eigenvalue weighted by Crippen LogP contribution is 2.10. The molecule has 0 unspecified atom stereocenters. The van der Waals surface area contributed by atoms with Crippen LogP contribution >= 0.6 is 0 Å². The number of carbonyl (C=O) groups is 3. The Bertz CT molecular complexity index is 474. The maximum absolute atomic E-state index is 11.9. The topological polar surface area (TPSA) is 60.4 Å². The van der Waals surface area contributed by atoms with E-state index in [1.165, 1.54) is 0 Å². The molecule has 4 nitrogen and oxygen atoms in total. The van der Waals surface area contributed by atoms with Gasteiger partial charge in [-0.2, -0.15) is 0 Å². The largest absolute Gasteiger partial charge is 0.462 e. The lowest BCUT2D eigenvalue weighted by Crippen LogP contribution is -2.09. The molecule has 1 rings (SSSR count). The average molecular weight is 276 g/mol. The van der Waals surface area contributed by atoms with E-state index < -0.39 is 5.97 Å². The van der Waals surface area contributed by atoms with Gasteiger partial charge in [-0.3, -0.25) is 9.59 Å². The third-order valence-electron chi connectivity index (χ3n) is 2.88. The molecule has 0 aromatic heterocycles. The Balaban J connectivity index is 2.61. The molecule has 0 amide bonds. The van der Waals surface area contributed by atoms with Crippen LogP contribution in [0.25, 0.3) is 0 Å². The Kier molecular flexibility index (Phi) is 6.64. The normalized spacial score (nSPS) is 10.1. The number of benzene rings is 1. The summed E-state index contributed by atoms with van der Waals surface area (Å²) in [5, 5.41) is 0. The van der Waals surface area contributed by atoms with Crippen molar-refractivity contribution in [1.82, 2.24) is 0 Å². The zero-order valence-electron chi connectivity index (χ0n) is 12.0. The number of Topliss-reactive ketones (excluding diaryl/α,β-unsaturated/α-hetero) is 2. The van der Waals surface area contributed by atoms with Crippen LogP contribution in [0, 0.1) is 0 Å². The molecule has 1 aromatic rings. The number of rotatable bonds is 8. The molecule has 0 atom stereocenters. The Morgan fingerprint density at radius 3 is 2.15 bits per heavy atom. The quantitative estimate of drug-likeness (QED) is 0.415. The van der Waals surface area contributed by atoms with Gasteiger partial charge >= 0.3 is 5.97 Å². The van der Waals surface area contributed by atoms with Gasteiger partial charge in [0.2, 0.25) is 0 Å². The predicted octanol–water partition coefficient (Wildman–Crippen LogP) is 3.20. The molecule has 4 heteroatoms. The van der Waals surface area contributed by atoms with Crippen LogP contribution < -0.4 is 0 Å². The van der Waals surface area contributed by atoms with Crippen molar-refractivity contribution in [3.05, 3.63) is 35.4 Å². The second-order valence-corrected chi connectivity index (χ2v) is 4.54.